The normalized spacial score (nSPS) is 17.6. The van der Waals surface area contributed by atoms with E-state index < -0.39 is 10.0 Å². The summed E-state index contributed by atoms with van der Waals surface area (Å²) in [6.07, 6.45) is 0. The average molecular weight is 453 g/mol. The fourth-order valence-corrected chi connectivity index (χ4v) is 4.64. The lowest BCUT2D eigenvalue weighted by atomic mass is 9.97. The number of nitrogens with zero attached hydrogens (tertiary/aromatic N) is 2. The number of aryl methyl sites for hydroxylation is 2. The number of nitrogens with one attached hydrogen (secondary N) is 2. The fourth-order valence-electron chi connectivity index (χ4n) is 3.65. The van der Waals surface area contributed by atoms with Crippen molar-refractivity contribution in [2.45, 2.75) is 38.6 Å². The van der Waals surface area contributed by atoms with E-state index in [4.69, 9.17) is 4.74 Å². The van der Waals surface area contributed by atoms with Crippen molar-refractivity contribution >= 4 is 21.9 Å². The van der Waals surface area contributed by atoms with E-state index >= 15 is 0 Å². The first-order valence-electron chi connectivity index (χ1n) is 10.2. The lowest BCUT2D eigenvalue weighted by Crippen LogP contribution is -2.37. The van der Waals surface area contributed by atoms with Crippen molar-refractivity contribution in [3.05, 3.63) is 64.7 Å². The van der Waals surface area contributed by atoms with Gasteiger partial charge in [-0.25, -0.2) is 18.1 Å². The number of sulfonamides is 1. The molecule has 166 valence electrons. The van der Waals surface area contributed by atoms with Crippen LogP contribution in [0.15, 0.2) is 47.4 Å². The molecule has 0 saturated heterocycles. The van der Waals surface area contributed by atoms with Gasteiger partial charge in [-0.2, -0.15) is 4.98 Å². The highest BCUT2D eigenvalue weighted by molar-refractivity contribution is 7.92. The van der Waals surface area contributed by atoms with Crippen LogP contribution in [0.25, 0.3) is 11.3 Å². The fraction of sp³-hybridized carbons (Fsp3) is 0.261. The Morgan fingerprint density at radius 3 is 2.44 bits per heavy atom. The summed E-state index contributed by atoms with van der Waals surface area (Å²) in [6, 6.07) is 11.4. The molecule has 1 aliphatic rings. The Bertz CT molecular complexity index is 1300. The van der Waals surface area contributed by atoms with Crippen LogP contribution in [0.5, 0.6) is 5.88 Å². The molecule has 0 saturated carbocycles. The molecule has 3 aromatic rings. The zero-order valence-corrected chi connectivity index (χ0v) is 19.1. The maximum Gasteiger partial charge on any atom is 0.264 e. The second-order valence-electron chi connectivity index (χ2n) is 7.91. The minimum atomic E-state index is -4.04. The van der Waals surface area contributed by atoms with Gasteiger partial charge in [0.1, 0.15) is 6.61 Å². The summed E-state index contributed by atoms with van der Waals surface area (Å²) in [4.78, 5) is 21.4. The van der Waals surface area contributed by atoms with Crippen molar-refractivity contribution in [2.24, 2.45) is 0 Å². The molecule has 1 amide bonds. The molecule has 9 heteroatoms. The van der Waals surface area contributed by atoms with Gasteiger partial charge in [0, 0.05) is 16.7 Å². The first kappa shape index (κ1) is 21.8. The Kier molecular flexibility index (Phi) is 5.60. The number of rotatable bonds is 1. The number of benzene rings is 2. The lowest BCUT2D eigenvalue weighted by Gasteiger charge is -2.18. The summed E-state index contributed by atoms with van der Waals surface area (Å²) < 4.78 is 34.5. The summed E-state index contributed by atoms with van der Waals surface area (Å²) in [5.74, 6) is -0.231. The van der Waals surface area contributed by atoms with E-state index in [1.165, 1.54) is 18.2 Å². The highest BCUT2D eigenvalue weighted by Gasteiger charge is 2.23. The van der Waals surface area contributed by atoms with Gasteiger partial charge in [0.15, 0.2) is 0 Å². The molecule has 4 rings (SSSR count). The third-order valence-corrected chi connectivity index (χ3v) is 6.62. The van der Waals surface area contributed by atoms with Crippen LogP contribution in [0, 0.1) is 20.8 Å². The molecule has 0 radical (unpaired) electrons. The molecule has 8 nitrogen and oxygen atoms in total. The van der Waals surface area contributed by atoms with E-state index in [0.29, 0.717) is 11.3 Å². The topological polar surface area (TPSA) is 110 Å². The number of ether oxygens (including phenoxy) is 1. The Labute approximate surface area is 187 Å². The van der Waals surface area contributed by atoms with Crippen LogP contribution in [0.2, 0.25) is 0 Å². The van der Waals surface area contributed by atoms with Gasteiger partial charge in [0.2, 0.25) is 11.8 Å². The molecule has 1 aliphatic heterocycles. The highest BCUT2D eigenvalue weighted by Crippen LogP contribution is 2.33. The number of hydrogen-bond acceptors (Lipinski definition) is 6. The Morgan fingerprint density at radius 2 is 1.72 bits per heavy atom. The molecule has 32 heavy (non-hydrogen) atoms. The third-order valence-electron chi connectivity index (χ3n) is 5.30. The van der Waals surface area contributed by atoms with Crippen molar-refractivity contribution in [2.75, 3.05) is 11.3 Å². The highest BCUT2D eigenvalue weighted by atomic mass is 32.2. The van der Waals surface area contributed by atoms with Gasteiger partial charge in [-0.15, -0.1) is 0 Å². The largest absolute Gasteiger partial charge is 0.475 e. The molecule has 0 spiro atoms. The monoisotopic (exact) mass is 452 g/mol. The van der Waals surface area contributed by atoms with Crippen molar-refractivity contribution < 1.29 is 17.9 Å². The zero-order valence-electron chi connectivity index (χ0n) is 18.3. The first-order valence-corrected chi connectivity index (χ1v) is 11.7. The number of anilines is 1. The Hall–Kier alpha value is -3.46. The van der Waals surface area contributed by atoms with Crippen LogP contribution in [0.4, 0.5) is 5.95 Å². The molecule has 2 N–H and O–H groups in total. The number of fused-ring (bicyclic) bond motifs is 4. The summed E-state index contributed by atoms with van der Waals surface area (Å²) in [6.45, 7) is 7.74. The van der Waals surface area contributed by atoms with Crippen LogP contribution in [0.3, 0.4) is 0 Å². The van der Waals surface area contributed by atoms with Crippen molar-refractivity contribution in [3.8, 4) is 17.1 Å². The number of carbonyl (C=O) groups is 1. The lowest BCUT2D eigenvalue weighted by molar-refractivity contribution is 0.0925. The predicted molar refractivity (Wildman–Crippen MR) is 121 cm³/mol. The SMILES string of the molecule is Cc1cccc(C)c1-c1nc2nc(c1C)OC[C@@H](C)NC(=O)c1cccc(c1)S(=O)(=O)N2. The van der Waals surface area contributed by atoms with E-state index in [-0.39, 0.29) is 40.8 Å². The molecule has 0 fully saturated rings. The molecule has 1 aromatic heterocycles. The van der Waals surface area contributed by atoms with Crippen LogP contribution in [-0.2, 0) is 10.0 Å². The smallest absolute Gasteiger partial charge is 0.264 e. The maximum absolute atomic E-state index is 13.0. The second-order valence-corrected chi connectivity index (χ2v) is 9.59. The van der Waals surface area contributed by atoms with Gasteiger partial charge >= 0.3 is 0 Å². The minimum Gasteiger partial charge on any atom is -0.475 e. The summed E-state index contributed by atoms with van der Waals surface area (Å²) in [7, 11) is -4.04. The molecular weight excluding hydrogens is 428 g/mol. The van der Waals surface area contributed by atoms with Crippen molar-refractivity contribution in [1.82, 2.24) is 15.3 Å². The molecule has 0 unspecified atom stereocenters. The van der Waals surface area contributed by atoms with E-state index in [2.05, 4.69) is 20.0 Å². The number of amides is 1. The molecule has 4 bridgehead atoms. The van der Waals surface area contributed by atoms with E-state index in [9.17, 15) is 13.2 Å². The maximum atomic E-state index is 13.0. The molecule has 2 aromatic carbocycles. The standard InChI is InChI=1S/C23H24N4O4S/c1-13-7-5-8-14(2)19(13)20-16(4)22-26-23(25-20)27-32(29,30)18-10-6-9-17(11-18)21(28)24-15(3)12-31-22/h5-11,15H,12H2,1-4H3,(H,24,28)(H,25,26,27)/t15-/m1/s1. The van der Waals surface area contributed by atoms with E-state index in [1.54, 1.807) is 13.0 Å². The minimum absolute atomic E-state index is 0.0580. The summed E-state index contributed by atoms with van der Waals surface area (Å²) in [5.41, 5.74) is 4.39. The average Bonchev–Trinajstić information content (AvgIpc) is 2.74. The first-order chi connectivity index (χ1) is 15.2. The van der Waals surface area contributed by atoms with Gasteiger partial charge in [0.25, 0.3) is 15.9 Å². The third kappa shape index (κ3) is 4.16. The van der Waals surface area contributed by atoms with Crippen molar-refractivity contribution in [3.63, 3.8) is 0 Å². The van der Waals surface area contributed by atoms with E-state index in [0.717, 1.165) is 16.7 Å². The zero-order chi connectivity index (χ0) is 23.0. The van der Waals surface area contributed by atoms with E-state index in [1.807, 2.05) is 39.0 Å². The van der Waals surface area contributed by atoms with Gasteiger partial charge in [-0.1, -0.05) is 24.3 Å². The van der Waals surface area contributed by atoms with Crippen molar-refractivity contribution in [1.29, 1.82) is 0 Å². The molecular formula is C23H24N4O4S. The van der Waals surface area contributed by atoms with Crippen LogP contribution in [-0.4, -0.2) is 36.9 Å². The Balaban J connectivity index is 1.92. The van der Waals surface area contributed by atoms with Gasteiger partial charge in [-0.3, -0.25) is 4.79 Å². The van der Waals surface area contributed by atoms with Gasteiger partial charge in [0.05, 0.1) is 16.6 Å². The quantitative estimate of drug-likeness (QED) is 0.586. The Morgan fingerprint density at radius 1 is 1.03 bits per heavy atom. The van der Waals surface area contributed by atoms with Crippen LogP contribution in [0.1, 0.15) is 34.0 Å². The number of aromatic nitrogens is 2. The number of carbonyl (C=O) groups excluding carboxylic acids is 1. The second kappa shape index (κ2) is 8.23. The molecule has 2 heterocycles. The summed E-state index contributed by atoms with van der Waals surface area (Å²) in [5, 5.41) is 2.82. The van der Waals surface area contributed by atoms with Crippen LogP contribution >= 0.6 is 0 Å². The summed E-state index contributed by atoms with van der Waals surface area (Å²) >= 11 is 0. The number of hydrogen-bond donors (Lipinski definition) is 2. The predicted octanol–water partition coefficient (Wildman–Crippen LogP) is 3.38. The van der Waals surface area contributed by atoms with Crippen LogP contribution < -0.4 is 14.8 Å². The van der Waals surface area contributed by atoms with Gasteiger partial charge < -0.3 is 10.1 Å². The molecule has 1 atom stereocenters. The molecule has 0 aliphatic carbocycles. The van der Waals surface area contributed by atoms with Gasteiger partial charge in [-0.05, 0) is 57.0 Å².